The van der Waals surface area contributed by atoms with Crippen LogP contribution in [-0.4, -0.2) is 11.5 Å². The van der Waals surface area contributed by atoms with Crippen molar-refractivity contribution in [2.24, 2.45) is 0 Å². The van der Waals surface area contributed by atoms with Crippen LogP contribution in [0.1, 0.15) is 13.8 Å². The molecule has 1 aromatic rings. The Morgan fingerprint density at radius 2 is 2.35 bits per heavy atom. The minimum absolute atomic E-state index is 0.0782. The highest BCUT2D eigenvalue weighted by molar-refractivity contribution is 5.57. The Kier molecular flexibility index (Phi) is 4.29. The maximum Gasteiger partial charge on any atom is 0.271 e. The second-order valence-electron chi connectivity index (χ2n) is 3.47. The summed E-state index contributed by atoms with van der Waals surface area (Å²) in [5.74, 6) is 2.45. The summed E-state index contributed by atoms with van der Waals surface area (Å²) in [5.41, 5.74) is 1.73. The maximum atomic E-state index is 10.7. The summed E-state index contributed by atoms with van der Waals surface area (Å²) in [7, 11) is 0. The van der Waals surface area contributed by atoms with Gasteiger partial charge in [-0.2, -0.15) is 0 Å². The van der Waals surface area contributed by atoms with Crippen molar-refractivity contribution >= 4 is 11.4 Å². The van der Waals surface area contributed by atoms with Crippen molar-refractivity contribution < 1.29 is 4.92 Å². The van der Waals surface area contributed by atoms with Crippen LogP contribution in [0.5, 0.6) is 0 Å². The van der Waals surface area contributed by atoms with Gasteiger partial charge < -0.3 is 4.90 Å². The standard InChI is InChI=1S/C13H14N2O2/c1-4-7-11(3)14(5-2)12-8-6-9-13(10-12)15(16)17/h1,6-10H,5H2,2-3H3/b11-7-. The molecule has 0 bridgehead atoms. The van der Waals surface area contributed by atoms with Crippen LogP contribution in [-0.2, 0) is 0 Å². The number of hydrogen-bond acceptors (Lipinski definition) is 3. The lowest BCUT2D eigenvalue weighted by Gasteiger charge is -2.23. The van der Waals surface area contributed by atoms with Crippen LogP contribution in [0.4, 0.5) is 11.4 Å². The van der Waals surface area contributed by atoms with Crippen LogP contribution in [0, 0.1) is 22.5 Å². The number of terminal acetylenes is 1. The van der Waals surface area contributed by atoms with Gasteiger partial charge in [-0.25, -0.2) is 0 Å². The molecule has 0 atom stereocenters. The molecule has 0 radical (unpaired) electrons. The third-order valence-corrected chi connectivity index (χ3v) is 2.39. The van der Waals surface area contributed by atoms with E-state index in [9.17, 15) is 10.1 Å². The van der Waals surface area contributed by atoms with Crippen molar-refractivity contribution in [3.8, 4) is 12.3 Å². The summed E-state index contributed by atoms with van der Waals surface area (Å²) in [6.45, 7) is 4.54. The first-order valence-corrected chi connectivity index (χ1v) is 5.25. The lowest BCUT2D eigenvalue weighted by Crippen LogP contribution is -2.20. The normalized spacial score (nSPS) is 10.8. The van der Waals surface area contributed by atoms with Crippen LogP contribution in [0.25, 0.3) is 0 Å². The molecule has 0 saturated carbocycles. The Labute approximate surface area is 101 Å². The highest BCUT2D eigenvalue weighted by Gasteiger charge is 2.11. The van der Waals surface area contributed by atoms with Crippen molar-refractivity contribution in [1.82, 2.24) is 0 Å². The number of nitro benzene ring substituents is 1. The molecule has 1 aromatic carbocycles. The molecule has 0 aliphatic heterocycles. The molecule has 4 nitrogen and oxygen atoms in total. The van der Waals surface area contributed by atoms with Crippen LogP contribution >= 0.6 is 0 Å². The van der Waals surface area contributed by atoms with E-state index in [0.717, 1.165) is 11.4 Å². The van der Waals surface area contributed by atoms with Crippen LogP contribution in [0.3, 0.4) is 0 Å². The Morgan fingerprint density at radius 3 is 2.88 bits per heavy atom. The Morgan fingerprint density at radius 1 is 1.65 bits per heavy atom. The predicted octanol–water partition coefficient (Wildman–Crippen LogP) is 2.96. The van der Waals surface area contributed by atoms with E-state index in [1.54, 1.807) is 12.1 Å². The molecule has 0 heterocycles. The molecule has 0 aliphatic rings. The monoisotopic (exact) mass is 230 g/mol. The van der Waals surface area contributed by atoms with Gasteiger partial charge in [0.15, 0.2) is 0 Å². The van der Waals surface area contributed by atoms with E-state index in [-0.39, 0.29) is 5.69 Å². The third kappa shape index (κ3) is 3.08. The van der Waals surface area contributed by atoms with Gasteiger partial charge in [0.1, 0.15) is 0 Å². The summed E-state index contributed by atoms with van der Waals surface area (Å²) in [6, 6.07) is 6.50. The molecule has 4 heteroatoms. The van der Waals surface area contributed by atoms with Gasteiger partial charge in [0.2, 0.25) is 0 Å². The zero-order valence-electron chi connectivity index (χ0n) is 9.88. The summed E-state index contributed by atoms with van der Waals surface area (Å²) in [6.07, 6.45) is 6.86. The lowest BCUT2D eigenvalue weighted by molar-refractivity contribution is -0.384. The van der Waals surface area contributed by atoms with E-state index < -0.39 is 4.92 Å². The van der Waals surface area contributed by atoms with Gasteiger partial charge in [0, 0.05) is 36.1 Å². The van der Waals surface area contributed by atoms with E-state index >= 15 is 0 Å². The average molecular weight is 230 g/mol. The Hall–Kier alpha value is -2.28. The Balaban J connectivity index is 3.13. The van der Waals surface area contributed by atoms with E-state index in [1.165, 1.54) is 12.1 Å². The second-order valence-corrected chi connectivity index (χ2v) is 3.47. The lowest BCUT2D eigenvalue weighted by atomic mass is 10.2. The predicted molar refractivity (Wildman–Crippen MR) is 68.7 cm³/mol. The molecular formula is C13H14N2O2. The fraction of sp³-hybridized carbons (Fsp3) is 0.231. The number of benzene rings is 1. The van der Waals surface area contributed by atoms with Crippen molar-refractivity contribution in [2.75, 3.05) is 11.4 Å². The molecule has 0 N–H and O–H groups in total. The molecule has 0 aromatic heterocycles. The van der Waals surface area contributed by atoms with Crippen LogP contribution in [0.15, 0.2) is 36.0 Å². The molecule has 0 spiro atoms. The highest BCUT2D eigenvalue weighted by Crippen LogP contribution is 2.23. The summed E-state index contributed by atoms with van der Waals surface area (Å²) < 4.78 is 0. The number of hydrogen-bond donors (Lipinski definition) is 0. The molecule has 0 unspecified atom stereocenters. The van der Waals surface area contributed by atoms with Crippen molar-refractivity contribution in [1.29, 1.82) is 0 Å². The number of allylic oxidation sites excluding steroid dienone is 2. The molecule has 0 amide bonds. The number of non-ortho nitro benzene ring substituents is 1. The van der Waals surface area contributed by atoms with Gasteiger partial charge >= 0.3 is 0 Å². The quantitative estimate of drug-likeness (QED) is 0.454. The van der Waals surface area contributed by atoms with Crippen molar-refractivity contribution in [2.45, 2.75) is 13.8 Å². The molecule has 17 heavy (non-hydrogen) atoms. The first kappa shape index (κ1) is 12.8. The Bertz CT molecular complexity index is 486. The maximum absolute atomic E-state index is 10.7. The van der Waals surface area contributed by atoms with Crippen molar-refractivity contribution in [3.05, 3.63) is 46.2 Å². The molecule has 0 saturated heterocycles. The van der Waals surface area contributed by atoms with Crippen molar-refractivity contribution in [3.63, 3.8) is 0 Å². The van der Waals surface area contributed by atoms with Gasteiger partial charge in [-0.3, -0.25) is 10.1 Å². The van der Waals surface area contributed by atoms with E-state index in [0.29, 0.717) is 6.54 Å². The smallest absolute Gasteiger partial charge is 0.271 e. The first-order valence-electron chi connectivity index (χ1n) is 5.25. The summed E-state index contributed by atoms with van der Waals surface area (Å²) in [4.78, 5) is 12.2. The van der Waals surface area contributed by atoms with E-state index in [4.69, 9.17) is 6.42 Å². The molecule has 0 fully saturated rings. The van der Waals surface area contributed by atoms with Gasteiger partial charge in [-0.1, -0.05) is 12.0 Å². The first-order chi connectivity index (χ1) is 8.10. The minimum Gasteiger partial charge on any atom is -0.345 e. The number of rotatable bonds is 4. The summed E-state index contributed by atoms with van der Waals surface area (Å²) in [5, 5.41) is 10.7. The summed E-state index contributed by atoms with van der Waals surface area (Å²) >= 11 is 0. The zero-order chi connectivity index (χ0) is 12.8. The second kappa shape index (κ2) is 5.71. The SMILES string of the molecule is C#C/C=C(/C)N(CC)c1cccc([N+](=O)[O-])c1. The highest BCUT2D eigenvalue weighted by atomic mass is 16.6. The van der Waals surface area contributed by atoms with Gasteiger partial charge in [-0.05, 0) is 19.9 Å². The van der Waals surface area contributed by atoms with Crippen LogP contribution in [0.2, 0.25) is 0 Å². The minimum atomic E-state index is -0.405. The van der Waals surface area contributed by atoms with Crippen LogP contribution < -0.4 is 4.90 Å². The third-order valence-electron chi connectivity index (χ3n) is 2.39. The average Bonchev–Trinajstić information content (AvgIpc) is 2.30. The topological polar surface area (TPSA) is 46.4 Å². The number of nitrogens with zero attached hydrogens (tertiary/aromatic N) is 2. The molecule has 0 aliphatic carbocycles. The molecule has 1 rings (SSSR count). The van der Waals surface area contributed by atoms with Gasteiger partial charge in [-0.15, -0.1) is 6.42 Å². The molecule has 88 valence electrons. The largest absolute Gasteiger partial charge is 0.345 e. The van der Waals surface area contributed by atoms with E-state index in [1.807, 2.05) is 24.8 Å². The number of anilines is 1. The fourth-order valence-corrected chi connectivity index (χ4v) is 1.61. The van der Waals surface area contributed by atoms with Gasteiger partial charge in [0.25, 0.3) is 5.69 Å². The molecular weight excluding hydrogens is 216 g/mol. The zero-order valence-corrected chi connectivity index (χ0v) is 9.88. The fourth-order valence-electron chi connectivity index (χ4n) is 1.61. The van der Waals surface area contributed by atoms with E-state index in [2.05, 4.69) is 5.92 Å². The number of nitro groups is 1. The van der Waals surface area contributed by atoms with Gasteiger partial charge in [0.05, 0.1) is 4.92 Å².